The molecule has 4 rings (SSSR count). The predicted octanol–water partition coefficient (Wildman–Crippen LogP) is 2.50. The highest BCUT2D eigenvalue weighted by Gasteiger charge is 2.29. The van der Waals surface area contributed by atoms with Crippen LogP contribution in [0.25, 0.3) is 11.1 Å². The van der Waals surface area contributed by atoms with Gasteiger partial charge < -0.3 is 4.90 Å². The van der Waals surface area contributed by atoms with Gasteiger partial charge in [-0.05, 0) is 49.5 Å². The molecule has 0 aliphatic carbocycles. The zero-order valence-corrected chi connectivity index (χ0v) is 15.7. The fourth-order valence-electron chi connectivity index (χ4n) is 3.62. The molecule has 8 nitrogen and oxygen atoms in total. The molecule has 0 aromatic carbocycles. The van der Waals surface area contributed by atoms with Gasteiger partial charge in [-0.1, -0.05) is 5.16 Å². The number of piperidine rings is 1. The first-order chi connectivity index (χ1) is 13.0. The van der Waals surface area contributed by atoms with E-state index in [9.17, 15) is 4.79 Å². The molecule has 1 atom stereocenters. The Balaban J connectivity index is 1.59. The number of hydrogen-bond acceptors (Lipinski definition) is 6. The SMILES string of the molecule is Cc1cc(-c2cnn(C)c2)cc(C2CCCN(C(=O)c3nonc3C)C2)n1. The largest absolute Gasteiger partial charge is 0.336 e. The zero-order chi connectivity index (χ0) is 19.0. The van der Waals surface area contributed by atoms with E-state index in [1.807, 2.05) is 31.3 Å². The highest BCUT2D eigenvalue weighted by molar-refractivity contribution is 5.93. The van der Waals surface area contributed by atoms with Crippen molar-refractivity contribution in [3.63, 3.8) is 0 Å². The smallest absolute Gasteiger partial charge is 0.278 e. The van der Waals surface area contributed by atoms with E-state index in [1.54, 1.807) is 11.6 Å². The molecule has 1 aliphatic heterocycles. The highest BCUT2D eigenvalue weighted by atomic mass is 16.6. The van der Waals surface area contributed by atoms with Gasteiger partial charge in [-0.15, -0.1) is 0 Å². The van der Waals surface area contributed by atoms with Gasteiger partial charge in [0.15, 0.2) is 5.69 Å². The van der Waals surface area contributed by atoms with Crippen molar-refractivity contribution in [3.8, 4) is 11.1 Å². The van der Waals surface area contributed by atoms with Crippen LogP contribution in [-0.4, -0.2) is 49.0 Å². The minimum Gasteiger partial charge on any atom is -0.336 e. The number of aromatic nitrogens is 5. The Morgan fingerprint density at radius 1 is 1.22 bits per heavy atom. The average Bonchev–Trinajstić information content (AvgIpc) is 3.29. The number of nitrogens with zero attached hydrogens (tertiary/aromatic N) is 6. The summed E-state index contributed by atoms with van der Waals surface area (Å²) in [6.07, 6.45) is 5.78. The molecule has 0 spiro atoms. The van der Waals surface area contributed by atoms with Crippen molar-refractivity contribution in [2.24, 2.45) is 7.05 Å². The van der Waals surface area contributed by atoms with E-state index in [-0.39, 0.29) is 11.8 Å². The summed E-state index contributed by atoms with van der Waals surface area (Å²) >= 11 is 0. The fourth-order valence-corrected chi connectivity index (χ4v) is 3.62. The van der Waals surface area contributed by atoms with Crippen LogP contribution in [0.3, 0.4) is 0 Å². The Bertz CT molecular complexity index is 976. The van der Waals surface area contributed by atoms with Crippen LogP contribution in [0, 0.1) is 13.8 Å². The average molecular weight is 366 g/mol. The molecule has 3 aromatic heterocycles. The van der Waals surface area contributed by atoms with Gasteiger partial charge in [-0.2, -0.15) is 5.10 Å². The first-order valence-corrected chi connectivity index (χ1v) is 9.07. The summed E-state index contributed by atoms with van der Waals surface area (Å²) in [6.45, 7) is 5.06. The fraction of sp³-hybridized carbons (Fsp3) is 0.421. The van der Waals surface area contributed by atoms with Gasteiger partial charge in [0.1, 0.15) is 5.69 Å². The van der Waals surface area contributed by atoms with Crippen LogP contribution in [0.5, 0.6) is 0 Å². The predicted molar refractivity (Wildman–Crippen MR) is 98.1 cm³/mol. The maximum Gasteiger partial charge on any atom is 0.278 e. The second-order valence-corrected chi connectivity index (χ2v) is 7.11. The van der Waals surface area contributed by atoms with Gasteiger partial charge in [-0.3, -0.25) is 14.5 Å². The number of carbonyl (C=O) groups is 1. The minimum atomic E-state index is -0.126. The third-order valence-corrected chi connectivity index (χ3v) is 4.99. The molecule has 1 unspecified atom stereocenters. The van der Waals surface area contributed by atoms with Crippen molar-refractivity contribution in [2.45, 2.75) is 32.6 Å². The van der Waals surface area contributed by atoms with Crippen molar-refractivity contribution in [1.82, 2.24) is 30.0 Å². The van der Waals surface area contributed by atoms with Crippen molar-refractivity contribution in [3.05, 3.63) is 47.3 Å². The lowest BCUT2D eigenvalue weighted by Crippen LogP contribution is -2.39. The Labute approximate surface area is 157 Å². The summed E-state index contributed by atoms with van der Waals surface area (Å²) in [7, 11) is 1.91. The zero-order valence-electron chi connectivity index (χ0n) is 15.7. The van der Waals surface area contributed by atoms with Gasteiger partial charge in [-0.25, -0.2) is 4.63 Å². The summed E-state index contributed by atoms with van der Waals surface area (Å²) in [6, 6.07) is 4.18. The third kappa shape index (κ3) is 3.47. The topological polar surface area (TPSA) is 89.9 Å². The van der Waals surface area contributed by atoms with Crippen LogP contribution >= 0.6 is 0 Å². The number of rotatable bonds is 3. The van der Waals surface area contributed by atoms with Crippen molar-refractivity contribution >= 4 is 5.91 Å². The first-order valence-electron chi connectivity index (χ1n) is 9.07. The van der Waals surface area contributed by atoms with E-state index in [2.05, 4.69) is 32.2 Å². The molecule has 1 aliphatic rings. The minimum absolute atomic E-state index is 0.126. The molecule has 1 amide bonds. The summed E-state index contributed by atoms with van der Waals surface area (Å²) in [5, 5.41) is 11.7. The number of carbonyl (C=O) groups excluding carboxylic acids is 1. The molecule has 1 fully saturated rings. The van der Waals surface area contributed by atoms with Gasteiger partial charge in [0, 0.05) is 49.2 Å². The van der Waals surface area contributed by atoms with Crippen molar-refractivity contribution < 1.29 is 9.42 Å². The van der Waals surface area contributed by atoms with Crippen LogP contribution < -0.4 is 0 Å². The second-order valence-electron chi connectivity index (χ2n) is 7.11. The van der Waals surface area contributed by atoms with E-state index in [1.165, 1.54) is 0 Å². The lowest BCUT2D eigenvalue weighted by molar-refractivity contribution is 0.0694. The molecule has 0 radical (unpaired) electrons. The molecule has 27 heavy (non-hydrogen) atoms. The van der Waals surface area contributed by atoms with E-state index < -0.39 is 0 Å². The van der Waals surface area contributed by atoms with Crippen molar-refractivity contribution in [1.29, 1.82) is 0 Å². The van der Waals surface area contributed by atoms with Crippen molar-refractivity contribution in [2.75, 3.05) is 13.1 Å². The molecule has 3 aromatic rings. The first kappa shape index (κ1) is 17.4. The maximum absolute atomic E-state index is 12.7. The molecule has 0 saturated carbocycles. The number of amides is 1. The second kappa shape index (κ2) is 6.94. The lowest BCUT2D eigenvalue weighted by Gasteiger charge is -2.32. The molecule has 8 heteroatoms. The van der Waals surface area contributed by atoms with Crippen LogP contribution in [-0.2, 0) is 7.05 Å². The van der Waals surface area contributed by atoms with E-state index in [0.29, 0.717) is 24.5 Å². The lowest BCUT2D eigenvalue weighted by atomic mass is 9.92. The monoisotopic (exact) mass is 366 g/mol. The Hall–Kier alpha value is -3.03. The summed E-state index contributed by atoms with van der Waals surface area (Å²) in [5.74, 6) is 0.0665. The van der Waals surface area contributed by atoms with Gasteiger partial charge in [0.05, 0.1) is 6.20 Å². The Kier molecular flexibility index (Phi) is 4.47. The molecule has 140 valence electrons. The molecule has 1 saturated heterocycles. The van der Waals surface area contributed by atoms with Crippen LogP contribution in [0.2, 0.25) is 0 Å². The maximum atomic E-state index is 12.7. The third-order valence-electron chi connectivity index (χ3n) is 4.99. The Morgan fingerprint density at radius 2 is 2.07 bits per heavy atom. The highest BCUT2D eigenvalue weighted by Crippen LogP contribution is 2.30. The summed E-state index contributed by atoms with van der Waals surface area (Å²) in [5.41, 5.74) is 4.97. The number of hydrogen-bond donors (Lipinski definition) is 0. The molecular formula is C19H22N6O2. The van der Waals surface area contributed by atoms with E-state index in [4.69, 9.17) is 4.98 Å². The van der Waals surface area contributed by atoms with Crippen LogP contribution in [0.4, 0.5) is 0 Å². The summed E-state index contributed by atoms with van der Waals surface area (Å²) < 4.78 is 6.48. The van der Waals surface area contributed by atoms with E-state index >= 15 is 0 Å². The number of likely N-dealkylation sites (tertiary alicyclic amines) is 1. The quantitative estimate of drug-likeness (QED) is 0.707. The van der Waals surface area contributed by atoms with Gasteiger partial charge in [0.2, 0.25) is 0 Å². The van der Waals surface area contributed by atoms with Crippen LogP contribution in [0.1, 0.15) is 46.3 Å². The number of aryl methyl sites for hydroxylation is 3. The molecule has 0 bridgehead atoms. The summed E-state index contributed by atoms with van der Waals surface area (Å²) in [4.78, 5) is 19.3. The van der Waals surface area contributed by atoms with Gasteiger partial charge >= 0.3 is 0 Å². The van der Waals surface area contributed by atoms with Crippen LogP contribution in [0.15, 0.2) is 29.2 Å². The van der Waals surface area contributed by atoms with E-state index in [0.717, 1.165) is 35.4 Å². The molecular weight excluding hydrogens is 344 g/mol. The standard InChI is InChI=1S/C19H22N6O2/c1-12-7-15(16-9-20-24(3)10-16)8-17(21-12)14-5-4-6-25(11-14)19(26)18-13(2)22-27-23-18/h7-10,14H,4-6,11H2,1-3H3. The Morgan fingerprint density at radius 3 is 2.78 bits per heavy atom. The van der Waals surface area contributed by atoms with Gasteiger partial charge in [0.25, 0.3) is 5.91 Å². The molecule has 4 heterocycles. The number of pyridine rings is 1. The normalized spacial score (nSPS) is 17.3. The molecule has 0 N–H and O–H groups in total.